The summed E-state index contributed by atoms with van der Waals surface area (Å²) < 4.78 is 0. The van der Waals surface area contributed by atoms with Gasteiger partial charge in [-0.2, -0.15) is 10.2 Å². The predicted octanol–water partition coefficient (Wildman–Crippen LogP) is 14.3. The quantitative estimate of drug-likeness (QED) is 0.0619. The molecule has 0 bridgehead atoms. The monoisotopic (exact) mass is 893 g/mol. The number of rotatable bonds is 10. The number of nitrogens with two attached hydrogens (primary N) is 1. The maximum absolute atomic E-state index is 8.21. The number of benzene rings is 9. The Bertz CT molecular complexity index is 3540. The number of allylic oxidation sites excluding steroid dienone is 4. The number of hydrogen-bond acceptors (Lipinski definition) is 6. The first kappa shape index (κ1) is 40.6. The van der Waals surface area contributed by atoms with Gasteiger partial charge >= 0.3 is 0 Å². The second-order valence-corrected chi connectivity index (χ2v) is 16.9. The fourth-order valence-corrected chi connectivity index (χ4v) is 8.67. The third-order valence-corrected chi connectivity index (χ3v) is 12.2. The van der Waals surface area contributed by atoms with Gasteiger partial charge in [-0.3, -0.25) is 5.41 Å². The van der Waals surface area contributed by atoms with Crippen LogP contribution in [0.2, 0.25) is 5.02 Å². The van der Waals surface area contributed by atoms with E-state index >= 15 is 0 Å². The largest absolute Gasteiger partial charge is 0.310 e. The number of anilines is 6. The van der Waals surface area contributed by atoms with Crippen molar-refractivity contribution in [2.75, 3.05) is 9.80 Å². The lowest BCUT2D eigenvalue weighted by molar-refractivity contribution is -0.577. The summed E-state index contributed by atoms with van der Waals surface area (Å²) in [6, 6.07) is 69.6. The number of aromatic nitrogens is 3. The van der Waals surface area contributed by atoms with Crippen molar-refractivity contribution in [2.24, 2.45) is 5.10 Å². The molecule has 0 amide bonds. The highest BCUT2D eigenvalue weighted by Gasteiger charge is 2.17. The van der Waals surface area contributed by atoms with E-state index in [2.05, 4.69) is 183 Å². The number of halogens is 2. The van der Waals surface area contributed by atoms with E-state index in [1.54, 1.807) is 28.5 Å². The summed E-state index contributed by atoms with van der Waals surface area (Å²) in [5, 5.41) is 28.0. The molecule has 0 saturated carbocycles. The van der Waals surface area contributed by atoms with Crippen molar-refractivity contribution >= 4 is 107 Å². The number of nitrogens with zero attached hydrogens (tertiary/aromatic N) is 6. The molecule has 9 aromatic carbocycles. The van der Waals surface area contributed by atoms with Crippen molar-refractivity contribution < 1.29 is 5.43 Å². The number of quaternary nitrogens is 1. The van der Waals surface area contributed by atoms with Crippen molar-refractivity contribution in [3.05, 3.63) is 228 Å². The SMILES string of the molecule is N=C1C=CC(Cl)=CC1=N[NH2+]c1ccc(N(c2ccc(-c3ccc(N(c4ccc(-n5nc6ccc(Cl)cc6n5)cc4)c4ccc5ccccc5c4)cc3)cc2)c2ccc3ccccc3c2)cc1. The Balaban J connectivity index is 0.899. The van der Waals surface area contributed by atoms with Gasteiger partial charge in [-0.25, -0.2) is 0 Å². The molecule has 0 radical (unpaired) electrons. The first-order chi connectivity index (χ1) is 32.4. The zero-order chi connectivity index (χ0) is 44.6. The van der Waals surface area contributed by atoms with Crippen LogP contribution in [0.5, 0.6) is 0 Å². The fourth-order valence-electron chi connectivity index (χ4n) is 8.34. The first-order valence-corrected chi connectivity index (χ1v) is 22.2. The molecule has 1 aromatic heterocycles. The highest BCUT2D eigenvalue weighted by atomic mass is 35.5. The van der Waals surface area contributed by atoms with Gasteiger partial charge in [0, 0.05) is 56.3 Å². The number of hydrogen-bond donors (Lipinski definition) is 2. The predicted molar refractivity (Wildman–Crippen MR) is 274 cm³/mol. The van der Waals surface area contributed by atoms with Crippen LogP contribution in [0.4, 0.5) is 39.8 Å². The van der Waals surface area contributed by atoms with Crippen molar-refractivity contribution in [3.8, 4) is 16.8 Å². The average Bonchev–Trinajstić information content (AvgIpc) is 3.79. The molecular formula is C56H39Cl2N8+. The van der Waals surface area contributed by atoms with Gasteiger partial charge in [-0.05, 0) is 154 Å². The molecular weight excluding hydrogens is 856 g/mol. The maximum atomic E-state index is 8.21. The van der Waals surface area contributed by atoms with Gasteiger partial charge in [0.05, 0.1) is 11.4 Å². The Labute approximate surface area is 391 Å². The van der Waals surface area contributed by atoms with E-state index in [-0.39, 0.29) is 0 Å². The number of nitrogens with one attached hydrogen (secondary N) is 1. The van der Waals surface area contributed by atoms with E-state index in [9.17, 15) is 0 Å². The average molecular weight is 895 g/mol. The summed E-state index contributed by atoms with van der Waals surface area (Å²) >= 11 is 12.4. The molecule has 10 aromatic rings. The molecule has 0 unspecified atom stereocenters. The lowest BCUT2D eigenvalue weighted by atomic mass is 10.0. The molecule has 0 atom stereocenters. The number of fused-ring (bicyclic) bond motifs is 3. The van der Waals surface area contributed by atoms with Crippen LogP contribution < -0.4 is 15.2 Å². The molecule has 3 N–H and O–H groups in total. The van der Waals surface area contributed by atoms with Crippen molar-refractivity contribution in [1.29, 1.82) is 5.41 Å². The van der Waals surface area contributed by atoms with Gasteiger partial charge in [-0.15, -0.1) is 10.2 Å². The summed E-state index contributed by atoms with van der Waals surface area (Å²) in [7, 11) is 0. The molecule has 0 aliphatic heterocycles. The second kappa shape index (κ2) is 17.4. The van der Waals surface area contributed by atoms with E-state index in [0.29, 0.717) is 21.5 Å². The van der Waals surface area contributed by atoms with Gasteiger partial charge < -0.3 is 9.80 Å². The minimum absolute atomic E-state index is 0.324. The van der Waals surface area contributed by atoms with Crippen LogP contribution in [0.1, 0.15) is 0 Å². The van der Waals surface area contributed by atoms with Crippen LogP contribution in [0.3, 0.4) is 0 Å². The fraction of sp³-hybridized carbons (Fsp3) is 0. The van der Waals surface area contributed by atoms with Crippen molar-refractivity contribution in [3.63, 3.8) is 0 Å². The Hall–Kier alpha value is -8.14. The lowest BCUT2D eigenvalue weighted by Gasteiger charge is -2.26. The first-order valence-electron chi connectivity index (χ1n) is 21.5. The topological polar surface area (TPSA) is 90.0 Å². The minimum Gasteiger partial charge on any atom is -0.310 e. The third-order valence-electron chi connectivity index (χ3n) is 11.7. The van der Waals surface area contributed by atoms with E-state index in [4.69, 9.17) is 28.6 Å². The van der Waals surface area contributed by atoms with Crippen LogP contribution >= 0.6 is 23.2 Å². The Morgan fingerprint density at radius 3 is 1.52 bits per heavy atom. The Morgan fingerprint density at radius 1 is 0.470 bits per heavy atom. The normalized spacial score (nSPS) is 13.2. The van der Waals surface area contributed by atoms with Gasteiger partial charge in [0.25, 0.3) is 0 Å². The standard InChI is InChI=1S/C56H38Cl2N8/c57-43-15-31-53(59)55(35-43)61-60-45-17-25-48(26-18-45)64(51-23-13-37-5-1-3-7-41(37)33-51)46-19-9-39(10-20-46)40-11-21-47(22-12-40)65(52-24-14-38-6-2-4-8-42(38)34-52)49-27-29-50(30-28-49)66-62-54-32-16-44(58)36-56(54)63-66/h1-36,59-60H/p+1. The summed E-state index contributed by atoms with van der Waals surface area (Å²) in [6.07, 6.45) is 5.06. The summed E-state index contributed by atoms with van der Waals surface area (Å²) in [4.78, 5) is 6.20. The molecule has 1 aliphatic carbocycles. The molecule has 1 aliphatic rings. The van der Waals surface area contributed by atoms with Crippen LogP contribution in [0, 0.1) is 5.41 Å². The van der Waals surface area contributed by atoms with Crippen molar-refractivity contribution in [1.82, 2.24) is 15.0 Å². The zero-order valence-electron chi connectivity index (χ0n) is 35.3. The molecule has 66 heavy (non-hydrogen) atoms. The zero-order valence-corrected chi connectivity index (χ0v) is 36.8. The smallest absolute Gasteiger partial charge is 0.155 e. The maximum Gasteiger partial charge on any atom is 0.155 e. The van der Waals surface area contributed by atoms with Crippen LogP contribution in [0.15, 0.2) is 229 Å². The molecule has 8 nitrogen and oxygen atoms in total. The van der Waals surface area contributed by atoms with Gasteiger partial charge in [0.2, 0.25) is 0 Å². The molecule has 10 heteroatoms. The summed E-state index contributed by atoms with van der Waals surface area (Å²) in [5.74, 6) is 0. The molecule has 0 spiro atoms. The van der Waals surface area contributed by atoms with Crippen LogP contribution in [-0.4, -0.2) is 26.4 Å². The highest BCUT2D eigenvalue weighted by molar-refractivity contribution is 6.52. The third kappa shape index (κ3) is 8.24. The van der Waals surface area contributed by atoms with E-state index in [1.165, 1.54) is 16.2 Å². The van der Waals surface area contributed by atoms with E-state index in [1.807, 2.05) is 42.5 Å². The highest BCUT2D eigenvalue weighted by Crippen LogP contribution is 2.40. The molecule has 0 saturated heterocycles. The molecule has 0 fully saturated rings. The van der Waals surface area contributed by atoms with Crippen LogP contribution in [0.25, 0.3) is 49.4 Å². The van der Waals surface area contributed by atoms with Gasteiger partial charge in [0.1, 0.15) is 16.7 Å². The van der Waals surface area contributed by atoms with Gasteiger partial charge in [-0.1, -0.05) is 113 Å². The van der Waals surface area contributed by atoms with Gasteiger partial charge in [0.15, 0.2) is 5.69 Å². The molecule has 316 valence electrons. The molecule has 11 rings (SSSR count). The van der Waals surface area contributed by atoms with E-state index in [0.717, 1.165) is 73.0 Å². The second-order valence-electron chi connectivity index (χ2n) is 16.0. The summed E-state index contributed by atoms with van der Waals surface area (Å²) in [6.45, 7) is 0. The minimum atomic E-state index is 0.324. The van der Waals surface area contributed by atoms with Crippen molar-refractivity contribution in [2.45, 2.75) is 0 Å². The molecule has 1 heterocycles. The Kier molecular flexibility index (Phi) is 10.7. The Morgan fingerprint density at radius 2 is 0.955 bits per heavy atom. The van der Waals surface area contributed by atoms with E-state index < -0.39 is 0 Å². The summed E-state index contributed by atoms with van der Waals surface area (Å²) in [5.41, 5.74) is 14.3. The lowest BCUT2D eigenvalue weighted by Crippen LogP contribution is -2.71. The van der Waals surface area contributed by atoms with Crippen LogP contribution in [-0.2, 0) is 0 Å².